The van der Waals surface area contributed by atoms with Crippen LogP contribution in [0.3, 0.4) is 0 Å². The van der Waals surface area contributed by atoms with Gasteiger partial charge in [-0.1, -0.05) is 18.9 Å². The minimum absolute atomic E-state index is 0.000524. The van der Waals surface area contributed by atoms with Gasteiger partial charge in [-0.25, -0.2) is 0 Å². The van der Waals surface area contributed by atoms with Gasteiger partial charge in [-0.15, -0.1) is 6.42 Å². The normalized spacial score (nSPS) is 14.6. The Kier molecular flexibility index (Phi) is 7.30. The molecule has 0 atom stereocenters. The van der Waals surface area contributed by atoms with Crippen LogP contribution in [0.15, 0.2) is 24.3 Å². The summed E-state index contributed by atoms with van der Waals surface area (Å²) in [6, 6.07) is 7.41. The Morgan fingerprint density at radius 2 is 1.92 bits per heavy atom. The lowest BCUT2D eigenvalue weighted by Gasteiger charge is -2.33. The Morgan fingerprint density at radius 3 is 2.60 bits per heavy atom. The Morgan fingerprint density at radius 1 is 1.20 bits per heavy atom. The number of carbonyl (C=O) groups is 2. The Balaban J connectivity index is 1.80. The highest BCUT2D eigenvalue weighted by molar-refractivity contribution is 5.91. The summed E-state index contributed by atoms with van der Waals surface area (Å²) in [5.74, 6) is 2.71. The smallest absolute Gasteiger partial charge is 0.241 e. The van der Waals surface area contributed by atoms with E-state index in [0.29, 0.717) is 26.1 Å². The second-order valence-corrected chi connectivity index (χ2v) is 6.09. The molecular formula is C19H26N4O2. The van der Waals surface area contributed by atoms with Crippen LogP contribution in [0.5, 0.6) is 0 Å². The summed E-state index contributed by atoms with van der Waals surface area (Å²) >= 11 is 0. The van der Waals surface area contributed by atoms with Gasteiger partial charge >= 0.3 is 0 Å². The molecule has 6 heteroatoms. The topological polar surface area (TPSA) is 64.7 Å². The maximum Gasteiger partial charge on any atom is 0.241 e. The van der Waals surface area contributed by atoms with E-state index < -0.39 is 0 Å². The van der Waals surface area contributed by atoms with Crippen LogP contribution in [0.1, 0.15) is 19.8 Å². The molecule has 0 radical (unpaired) electrons. The zero-order chi connectivity index (χ0) is 18.1. The molecule has 0 saturated carbocycles. The number of nitrogens with zero attached hydrogens (tertiary/aromatic N) is 2. The third kappa shape index (κ3) is 6.12. The van der Waals surface area contributed by atoms with Crippen LogP contribution in [0.25, 0.3) is 0 Å². The van der Waals surface area contributed by atoms with Gasteiger partial charge in [0.15, 0.2) is 0 Å². The summed E-state index contributed by atoms with van der Waals surface area (Å²) in [6.45, 7) is 5.88. The first-order valence-corrected chi connectivity index (χ1v) is 8.69. The first-order chi connectivity index (χ1) is 12.1. The molecule has 2 amide bonds. The van der Waals surface area contributed by atoms with E-state index in [1.807, 2.05) is 36.1 Å². The van der Waals surface area contributed by atoms with Crippen molar-refractivity contribution >= 4 is 23.2 Å². The predicted molar refractivity (Wildman–Crippen MR) is 100 cm³/mol. The zero-order valence-electron chi connectivity index (χ0n) is 14.8. The molecule has 1 fully saturated rings. The van der Waals surface area contributed by atoms with Gasteiger partial charge in [-0.3, -0.25) is 14.5 Å². The van der Waals surface area contributed by atoms with E-state index in [0.717, 1.165) is 30.9 Å². The summed E-state index contributed by atoms with van der Waals surface area (Å²) in [4.78, 5) is 28.0. The maximum absolute atomic E-state index is 12.3. The number of rotatable bonds is 7. The van der Waals surface area contributed by atoms with Crippen molar-refractivity contribution in [2.75, 3.05) is 49.9 Å². The number of terminal acetylenes is 1. The number of hydrogen-bond acceptors (Lipinski definition) is 4. The van der Waals surface area contributed by atoms with E-state index in [4.69, 9.17) is 6.42 Å². The minimum atomic E-state index is 0.000524. The van der Waals surface area contributed by atoms with Crippen LogP contribution in [0, 0.1) is 12.3 Å². The standard InChI is InChI=1S/C19H26N4O2/c1-3-6-18(24)21-17-8-5-7-16(14-17)20-15-19(25)23-12-10-22(9-4-2)11-13-23/h2,5,7-8,14,20H,3,6,9-13,15H2,1H3,(H,21,24). The average molecular weight is 342 g/mol. The van der Waals surface area contributed by atoms with E-state index in [1.165, 1.54) is 0 Å². The van der Waals surface area contributed by atoms with E-state index in [2.05, 4.69) is 21.5 Å². The lowest BCUT2D eigenvalue weighted by atomic mass is 10.2. The molecule has 25 heavy (non-hydrogen) atoms. The van der Waals surface area contributed by atoms with Gasteiger partial charge in [0.2, 0.25) is 11.8 Å². The van der Waals surface area contributed by atoms with Crippen molar-refractivity contribution in [1.29, 1.82) is 0 Å². The summed E-state index contributed by atoms with van der Waals surface area (Å²) in [7, 11) is 0. The number of carbonyl (C=O) groups excluding carboxylic acids is 2. The summed E-state index contributed by atoms with van der Waals surface area (Å²) in [6.07, 6.45) is 6.63. The first-order valence-electron chi connectivity index (χ1n) is 8.69. The van der Waals surface area contributed by atoms with Crippen molar-refractivity contribution in [2.24, 2.45) is 0 Å². The van der Waals surface area contributed by atoms with Crippen molar-refractivity contribution in [3.05, 3.63) is 24.3 Å². The van der Waals surface area contributed by atoms with Crippen LogP contribution in [-0.2, 0) is 9.59 Å². The Labute approximate surface area is 149 Å². The highest BCUT2D eigenvalue weighted by Crippen LogP contribution is 2.15. The highest BCUT2D eigenvalue weighted by atomic mass is 16.2. The van der Waals surface area contributed by atoms with Crippen LogP contribution >= 0.6 is 0 Å². The lowest BCUT2D eigenvalue weighted by molar-refractivity contribution is -0.130. The third-order valence-electron chi connectivity index (χ3n) is 4.11. The molecule has 2 rings (SSSR count). The maximum atomic E-state index is 12.3. The summed E-state index contributed by atoms with van der Waals surface area (Å²) in [5.41, 5.74) is 1.55. The highest BCUT2D eigenvalue weighted by Gasteiger charge is 2.20. The number of piperazine rings is 1. The third-order valence-corrected chi connectivity index (χ3v) is 4.11. The fraction of sp³-hybridized carbons (Fsp3) is 0.474. The molecule has 0 unspecified atom stereocenters. The van der Waals surface area contributed by atoms with Crippen molar-refractivity contribution in [3.8, 4) is 12.3 Å². The molecule has 1 aromatic rings. The van der Waals surface area contributed by atoms with Gasteiger partial charge < -0.3 is 15.5 Å². The fourth-order valence-electron chi connectivity index (χ4n) is 2.73. The van der Waals surface area contributed by atoms with E-state index >= 15 is 0 Å². The molecule has 6 nitrogen and oxygen atoms in total. The van der Waals surface area contributed by atoms with Crippen molar-refractivity contribution in [1.82, 2.24) is 9.80 Å². The van der Waals surface area contributed by atoms with Crippen LogP contribution in [-0.4, -0.2) is 60.9 Å². The number of anilines is 2. The van der Waals surface area contributed by atoms with Crippen LogP contribution in [0.4, 0.5) is 11.4 Å². The molecule has 1 aromatic carbocycles. The number of hydrogen-bond donors (Lipinski definition) is 2. The molecule has 0 aromatic heterocycles. The zero-order valence-corrected chi connectivity index (χ0v) is 14.8. The minimum Gasteiger partial charge on any atom is -0.376 e. The van der Waals surface area contributed by atoms with Gasteiger partial charge in [-0.2, -0.15) is 0 Å². The van der Waals surface area contributed by atoms with E-state index in [-0.39, 0.29) is 18.4 Å². The Bertz CT molecular complexity index is 631. The molecular weight excluding hydrogens is 316 g/mol. The van der Waals surface area contributed by atoms with E-state index in [9.17, 15) is 9.59 Å². The lowest BCUT2D eigenvalue weighted by Crippen LogP contribution is -2.50. The molecule has 1 aliphatic rings. The molecule has 2 N–H and O–H groups in total. The van der Waals surface area contributed by atoms with Crippen molar-refractivity contribution < 1.29 is 9.59 Å². The van der Waals surface area contributed by atoms with E-state index in [1.54, 1.807) is 0 Å². The summed E-state index contributed by atoms with van der Waals surface area (Å²) in [5, 5.41) is 5.99. The fourth-order valence-corrected chi connectivity index (χ4v) is 2.73. The predicted octanol–water partition coefficient (Wildman–Crippen LogP) is 1.61. The van der Waals surface area contributed by atoms with Crippen LogP contribution < -0.4 is 10.6 Å². The van der Waals surface area contributed by atoms with Crippen molar-refractivity contribution in [2.45, 2.75) is 19.8 Å². The van der Waals surface area contributed by atoms with Gasteiger partial charge in [0, 0.05) is 44.0 Å². The molecule has 134 valence electrons. The second-order valence-electron chi connectivity index (χ2n) is 6.09. The first kappa shape index (κ1) is 18.8. The van der Waals surface area contributed by atoms with Crippen LogP contribution in [0.2, 0.25) is 0 Å². The Hall–Kier alpha value is -2.52. The van der Waals surface area contributed by atoms with Gasteiger partial charge in [-0.05, 0) is 24.6 Å². The molecule has 1 saturated heterocycles. The largest absolute Gasteiger partial charge is 0.376 e. The number of nitrogens with one attached hydrogen (secondary N) is 2. The average Bonchev–Trinajstić information content (AvgIpc) is 2.61. The van der Waals surface area contributed by atoms with Gasteiger partial charge in [0.1, 0.15) is 0 Å². The molecule has 1 aliphatic heterocycles. The molecule has 0 bridgehead atoms. The van der Waals surface area contributed by atoms with Gasteiger partial charge in [0.25, 0.3) is 0 Å². The summed E-state index contributed by atoms with van der Waals surface area (Å²) < 4.78 is 0. The monoisotopic (exact) mass is 342 g/mol. The molecule has 0 spiro atoms. The number of amides is 2. The number of benzene rings is 1. The molecule has 0 aliphatic carbocycles. The SMILES string of the molecule is C#CCN1CCN(C(=O)CNc2cccc(NC(=O)CCC)c2)CC1. The van der Waals surface area contributed by atoms with Crippen molar-refractivity contribution in [3.63, 3.8) is 0 Å². The molecule has 1 heterocycles. The van der Waals surface area contributed by atoms with Gasteiger partial charge in [0.05, 0.1) is 13.1 Å². The second kappa shape index (κ2) is 9.70. The quantitative estimate of drug-likeness (QED) is 0.739.